The molecule has 2 heterocycles. The predicted octanol–water partition coefficient (Wildman–Crippen LogP) is 5.07. The second-order valence-corrected chi connectivity index (χ2v) is 8.71. The predicted molar refractivity (Wildman–Crippen MR) is 123 cm³/mol. The van der Waals surface area contributed by atoms with E-state index >= 15 is 0 Å². The molecule has 174 valence electrons. The van der Waals surface area contributed by atoms with Gasteiger partial charge in [-0.05, 0) is 54.8 Å². The molecular formula is C26H23F2N3O3. The van der Waals surface area contributed by atoms with Gasteiger partial charge in [-0.15, -0.1) is 0 Å². The van der Waals surface area contributed by atoms with Crippen molar-refractivity contribution in [3.8, 4) is 5.75 Å². The van der Waals surface area contributed by atoms with Crippen molar-refractivity contribution >= 4 is 23.3 Å². The number of phenols is 1. The Balaban J connectivity index is 1.35. The van der Waals surface area contributed by atoms with Gasteiger partial charge in [-0.3, -0.25) is 4.79 Å². The van der Waals surface area contributed by atoms with Crippen LogP contribution in [0, 0.1) is 17.0 Å². The maximum Gasteiger partial charge on any atom is 0.321 e. The molecule has 0 radical (unpaired) electrons. The molecule has 2 saturated heterocycles. The number of β-lactam (4-membered cyclic amide) rings is 1. The maximum atomic E-state index is 13.5. The average Bonchev–Trinajstić information content (AvgIpc) is 2.86. The number of urea groups is 1. The fourth-order valence-corrected chi connectivity index (χ4v) is 5.01. The zero-order valence-electron chi connectivity index (χ0n) is 18.2. The normalized spacial score (nSPS) is 19.1. The fraction of sp³-hybridized carbons (Fsp3) is 0.231. The van der Waals surface area contributed by atoms with E-state index in [0.29, 0.717) is 25.9 Å². The van der Waals surface area contributed by atoms with E-state index in [2.05, 4.69) is 5.32 Å². The summed E-state index contributed by atoms with van der Waals surface area (Å²) in [5.74, 6) is -1.85. The molecule has 8 heteroatoms. The van der Waals surface area contributed by atoms with Crippen LogP contribution in [-0.2, 0) is 4.79 Å². The van der Waals surface area contributed by atoms with Crippen molar-refractivity contribution in [2.24, 2.45) is 5.41 Å². The quantitative estimate of drug-likeness (QED) is 0.533. The van der Waals surface area contributed by atoms with E-state index < -0.39 is 23.1 Å². The van der Waals surface area contributed by atoms with Gasteiger partial charge in [0.2, 0.25) is 5.91 Å². The third-order valence-electron chi connectivity index (χ3n) is 6.78. The fourth-order valence-electron chi connectivity index (χ4n) is 5.01. The summed E-state index contributed by atoms with van der Waals surface area (Å²) >= 11 is 0. The molecule has 6 nitrogen and oxygen atoms in total. The van der Waals surface area contributed by atoms with Crippen LogP contribution in [-0.4, -0.2) is 35.0 Å². The first-order valence-corrected chi connectivity index (χ1v) is 11.1. The van der Waals surface area contributed by atoms with E-state index in [1.165, 1.54) is 6.07 Å². The Kier molecular flexibility index (Phi) is 5.43. The summed E-state index contributed by atoms with van der Waals surface area (Å²) in [5, 5.41) is 12.3. The minimum atomic E-state index is -1.03. The molecule has 3 aromatic carbocycles. The smallest absolute Gasteiger partial charge is 0.321 e. The molecule has 5 rings (SSSR count). The number of halogens is 2. The number of benzene rings is 3. The Bertz CT molecular complexity index is 1230. The first-order chi connectivity index (χ1) is 16.4. The van der Waals surface area contributed by atoms with Crippen molar-refractivity contribution in [2.75, 3.05) is 23.3 Å². The number of nitrogens with zero attached hydrogens (tertiary/aromatic N) is 2. The number of likely N-dealkylation sites (tertiary alicyclic amines) is 1. The maximum absolute atomic E-state index is 13.5. The van der Waals surface area contributed by atoms with Crippen molar-refractivity contribution in [3.63, 3.8) is 0 Å². The van der Waals surface area contributed by atoms with E-state index in [1.807, 2.05) is 42.5 Å². The van der Waals surface area contributed by atoms with Crippen LogP contribution in [0.3, 0.4) is 0 Å². The van der Waals surface area contributed by atoms with Crippen molar-refractivity contribution in [2.45, 2.75) is 18.9 Å². The molecule has 0 aromatic heterocycles. The second-order valence-electron chi connectivity index (χ2n) is 8.71. The van der Waals surface area contributed by atoms with Crippen LogP contribution < -0.4 is 10.2 Å². The summed E-state index contributed by atoms with van der Waals surface area (Å²) in [6.45, 7) is 0.691. The molecule has 0 bridgehead atoms. The number of carbonyl (C=O) groups excluding carboxylic acids is 2. The van der Waals surface area contributed by atoms with Gasteiger partial charge in [-0.25, -0.2) is 13.6 Å². The lowest BCUT2D eigenvalue weighted by molar-refractivity contribution is -0.144. The Morgan fingerprint density at radius 1 is 0.941 bits per heavy atom. The second kappa shape index (κ2) is 8.44. The molecule has 0 aliphatic carbocycles. The molecule has 0 saturated carbocycles. The number of piperidine rings is 1. The zero-order chi connectivity index (χ0) is 23.9. The van der Waals surface area contributed by atoms with Gasteiger partial charge in [0.15, 0.2) is 11.6 Å². The summed E-state index contributed by atoms with van der Waals surface area (Å²) in [4.78, 5) is 29.6. The Hall–Kier alpha value is -3.94. The van der Waals surface area contributed by atoms with E-state index in [1.54, 1.807) is 21.9 Å². The van der Waals surface area contributed by atoms with E-state index in [-0.39, 0.29) is 23.4 Å². The first-order valence-electron chi connectivity index (χ1n) is 11.1. The standard InChI is InChI=1S/C26H23F2N3O3/c27-21-11-8-18(16-22(21)28)29-25(34)30-14-12-26(13-15-30)23(17-6-9-20(32)10-7-17)31(24(26)33)19-4-2-1-3-5-19/h1-11,16,23,32H,12-15H2,(H,29,34). The van der Waals surface area contributed by atoms with E-state index in [9.17, 15) is 23.5 Å². The van der Waals surface area contributed by atoms with Gasteiger partial charge >= 0.3 is 6.03 Å². The topological polar surface area (TPSA) is 72.9 Å². The molecule has 3 aromatic rings. The molecule has 1 atom stereocenters. The third-order valence-corrected chi connectivity index (χ3v) is 6.78. The minimum absolute atomic E-state index is 0.0115. The van der Waals surface area contributed by atoms with Crippen LogP contribution in [0.4, 0.5) is 25.0 Å². The highest BCUT2D eigenvalue weighted by atomic mass is 19.2. The van der Waals surface area contributed by atoms with E-state index in [0.717, 1.165) is 23.4 Å². The summed E-state index contributed by atoms with van der Waals surface area (Å²) < 4.78 is 26.6. The number of hydrogen-bond donors (Lipinski definition) is 2. The highest BCUT2D eigenvalue weighted by molar-refractivity contribution is 6.06. The van der Waals surface area contributed by atoms with Gasteiger partial charge in [-0.1, -0.05) is 30.3 Å². The molecule has 34 heavy (non-hydrogen) atoms. The molecule has 2 aliphatic rings. The SMILES string of the molecule is O=C(Nc1ccc(F)c(F)c1)N1CCC2(CC1)C(=O)N(c1ccccc1)C2c1ccc(O)cc1. The number of rotatable bonds is 3. The monoisotopic (exact) mass is 463 g/mol. The highest BCUT2D eigenvalue weighted by Gasteiger charge is 2.62. The van der Waals surface area contributed by atoms with Crippen LogP contribution in [0.15, 0.2) is 72.8 Å². The summed E-state index contributed by atoms with van der Waals surface area (Å²) in [6.07, 6.45) is 0.928. The lowest BCUT2D eigenvalue weighted by Crippen LogP contribution is -2.67. The number of aromatic hydroxyl groups is 1. The Morgan fingerprint density at radius 2 is 1.62 bits per heavy atom. The molecule has 1 spiro atoms. The van der Waals surface area contributed by atoms with Gasteiger partial charge in [0.05, 0.1) is 11.5 Å². The van der Waals surface area contributed by atoms with Crippen LogP contribution >= 0.6 is 0 Å². The van der Waals surface area contributed by atoms with Crippen LogP contribution in [0.2, 0.25) is 0 Å². The van der Waals surface area contributed by atoms with Crippen LogP contribution in [0.25, 0.3) is 0 Å². The lowest BCUT2D eigenvalue weighted by atomic mass is 9.62. The van der Waals surface area contributed by atoms with Gasteiger partial charge < -0.3 is 20.2 Å². The Morgan fingerprint density at radius 3 is 2.26 bits per heavy atom. The number of phenolic OH excluding ortho intramolecular Hbond substituents is 1. The zero-order valence-corrected chi connectivity index (χ0v) is 18.2. The van der Waals surface area contributed by atoms with Crippen molar-refractivity contribution in [1.82, 2.24) is 4.90 Å². The third kappa shape index (κ3) is 3.65. The number of carbonyl (C=O) groups is 2. The number of amides is 3. The summed E-state index contributed by atoms with van der Waals surface area (Å²) in [6, 6.07) is 18.9. The Labute approximate surface area is 195 Å². The molecule has 3 amide bonds. The summed E-state index contributed by atoms with van der Waals surface area (Å²) in [7, 11) is 0. The van der Waals surface area contributed by atoms with Gasteiger partial charge in [0.25, 0.3) is 0 Å². The molecule has 2 N–H and O–H groups in total. The molecule has 2 fully saturated rings. The van der Waals surface area contributed by atoms with Crippen molar-refractivity contribution in [1.29, 1.82) is 0 Å². The number of hydrogen-bond acceptors (Lipinski definition) is 3. The average molecular weight is 463 g/mol. The molecule has 2 aliphatic heterocycles. The summed E-state index contributed by atoms with van der Waals surface area (Å²) in [5.41, 5.74) is 1.22. The van der Waals surface area contributed by atoms with Gasteiger partial charge in [0.1, 0.15) is 5.75 Å². The lowest BCUT2D eigenvalue weighted by Gasteiger charge is -2.59. The largest absolute Gasteiger partial charge is 0.508 e. The van der Waals surface area contributed by atoms with E-state index in [4.69, 9.17) is 0 Å². The van der Waals surface area contributed by atoms with Gasteiger partial charge in [-0.2, -0.15) is 0 Å². The van der Waals surface area contributed by atoms with Crippen molar-refractivity contribution in [3.05, 3.63) is 90.0 Å². The number of nitrogens with one attached hydrogen (secondary N) is 1. The number of anilines is 2. The minimum Gasteiger partial charge on any atom is -0.508 e. The number of para-hydroxylation sites is 1. The van der Waals surface area contributed by atoms with Gasteiger partial charge in [0, 0.05) is 30.5 Å². The van der Waals surface area contributed by atoms with Crippen LogP contribution in [0.5, 0.6) is 5.75 Å². The first kappa shape index (κ1) is 21.9. The highest BCUT2D eigenvalue weighted by Crippen LogP contribution is 2.57. The van der Waals surface area contributed by atoms with Crippen molar-refractivity contribution < 1.29 is 23.5 Å². The van der Waals surface area contributed by atoms with Crippen LogP contribution in [0.1, 0.15) is 24.4 Å². The molecule has 1 unspecified atom stereocenters. The molecular weight excluding hydrogens is 440 g/mol.